The van der Waals surface area contributed by atoms with Crippen LogP contribution in [0.5, 0.6) is 0 Å². The average Bonchev–Trinajstić information content (AvgIpc) is 3.12. The molecule has 128 valence electrons. The molecule has 0 fully saturated rings. The summed E-state index contributed by atoms with van der Waals surface area (Å²) in [6.45, 7) is 4.88. The number of benzene rings is 1. The topological polar surface area (TPSA) is 54.4 Å². The van der Waals surface area contributed by atoms with Crippen LogP contribution in [-0.2, 0) is 26.1 Å². The van der Waals surface area contributed by atoms with Crippen LogP contribution in [0.15, 0.2) is 28.8 Å². The maximum absolute atomic E-state index is 10.1. The van der Waals surface area contributed by atoms with Crippen molar-refractivity contribution in [2.45, 2.75) is 40.0 Å². The second-order valence-electron chi connectivity index (χ2n) is 6.29. The van der Waals surface area contributed by atoms with Gasteiger partial charge in [-0.1, -0.05) is 37.2 Å². The lowest BCUT2D eigenvalue weighted by molar-refractivity contribution is 0.282. The number of rotatable bonds is 6. The van der Waals surface area contributed by atoms with Crippen LogP contribution in [0.2, 0.25) is 0 Å². The normalized spacial score (nSPS) is 11.8. The van der Waals surface area contributed by atoms with Crippen molar-refractivity contribution in [3.8, 4) is 11.3 Å². The van der Waals surface area contributed by atoms with Crippen LogP contribution in [0.25, 0.3) is 22.2 Å². The highest BCUT2D eigenvalue weighted by Crippen LogP contribution is 2.38. The van der Waals surface area contributed by atoms with Crippen molar-refractivity contribution in [1.29, 1.82) is 0 Å². The lowest BCUT2D eigenvalue weighted by atomic mass is 10.0. The minimum atomic E-state index is -0.00619. The maximum atomic E-state index is 10.1. The predicted molar refractivity (Wildman–Crippen MR) is 95.8 cm³/mol. The van der Waals surface area contributed by atoms with E-state index in [2.05, 4.69) is 40.6 Å². The van der Waals surface area contributed by atoms with E-state index in [1.54, 1.807) is 0 Å². The minimum Gasteiger partial charge on any atom is -0.392 e. The Bertz CT molecular complexity index is 824. The summed E-state index contributed by atoms with van der Waals surface area (Å²) in [5.74, 6) is 0.879. The molecular weight excluding hydrogens is 302 g/mol. The molecule has 1 aromatic carbocycles. The Morgan fingerprint density at radius 1 is 1.17 bits per heavy atom. The molecule has 0 aliphatic heterocycles. The van der Waals surface area contributed by atoms with Gasteiger partial charge >= 0.3 is 0 Å². The van der Waals surface area contributed by atoms with Gasteiger partial charge in [-0.3, -0.25) is 4.90 Å². The third-order valence-electron chi connectivity index (χ3n) is 4.38. The Morgan fingerprint density at radius 3 is 2.54 bits per heavy atom. The molecule has 0 bridgehead atoms. The summed E-state index contributed by atoms with van der Waals surface area (Å²) < 4.78 is 7.84. The lowest BCUT2D eigenvalue weighted by Crippen LogP contribution is -2.18. The second-order valence-corrected chi connectivity index (χ2v) is 6.29. The molecule has 3 aromatic rings. The van der Waals surface area contributed by atoms with Crippen LogP contribution in [0, 0.1) is 0 Å². The first-order chi connectivity index (χ1) is 11.6. The molecule has 24 heavy (non-hydrogen) atoms. The lowest BCUT2D eigenvalue weighted by Gasteiger charge is -2.17. The van der Waals surface area contributed by atoms with Crippen LogP contribution in [0.1, 0.15) is 30.9 Å². The van der Waals surface area contributed by atoms with Crippen LogP contribution in [-0.4, -0.2) is 33.8 Å². The maximum Gasteiger partial charge on any atom is 0.146 e. The second kappa shape index (κ2) is 6.79. The van der Waals surface area contributed by atoms with E-state index >= 15 is 0 Å². The third-order valence-corrected chi connectivity index (χ3v) is 4.38. The summed E-state index contributed by atoms with van der Waals surface area (Å²) in [7, 11) is 4.10. The zero-order valence-electron chi connectivity index (χ0n) is 14.8. The van der Waals surface area contributed by atoms with E-state index in [-0.39, 0.29) is 6.61 Å². The van der Waals surface area contributed by atoms with Crippen molar-refractivity contribution >= 4 is 10.9 Å². The quantitative estimate of drug-likeness (QED) is 0.753. The monoisotopic (exact) mass is 327 g/mol. The van der Waals surface area contributed by atoms with Gasteiger partial charge in [-0.15, -0.1) is 0 Å². The zero-order valence-corrected chi connectivity index (χ0v) is 14.8. The van der Waals surface area contributed by atoms with Crippen molar-refractivity contribution < 1.29 is 9.63 Å². The fourth-order valence-corrected chi connectivity index (χ4v) is 3.36. The number of hydrogen-bond acceptors (Lipinski definition) is 4. The van der Waals surface area contributed by atoms with Gasteiger partial charge in [0, 0.05) is 17.4 Å². The number of aromatic nitrogens is 2. The summed E-state index contributed by atoms with van der Waals surface area (Å²) in [6, 6.07) is 8.22. The van der Waals surface area contributed by atoms with E-state index in [1.165, 1.54) is 0 Å². The number of aliphatic hydroxyl groups is 1. The molecular formula is C19H25N3O2. The van der Waals surface area contributed by atoms with Crippen LogP contribution in [0.4, 0.5) is 0 Å². The number of hydrogen-bond donors (Lipinski definition) is 1. The van der Waals surface area contributed by atoms with Crippen molar-refractivity contribution in [1.82, 2.24) is 14.6 Å². The molecule has 2 heterocycles. The van der Waals surface area contributed by atoms with E-state index in [0.29, 0.717) is 0 Å². The number of aryl methyl sites for hydroxylation is 2. The Labute approximate surface area is 142 Å². The van der Waals surface area contributed by atoms with Gasteiger partial charge < -0.3 is 14.2 Å². The van der Waals surface area contributed by atoms with Gasteiger partial charge in [0.15, 0.2) is 0 Å². The van der Waals surface area contributed by atoms with Gasteiger partial charge in [0.25, 0.3) is 0 Å². The van der Waals surface area contributed by atoms with E-state index in [9.17, 15) is 5.11 Å². The van der Waals surface area contributed by atoms with Gasteiger partial charge in [-0.25, -0.2) is 0 Å². The van der Waals surface area contributed by atoms with E-state index in [1.807, 2.05) is 26.2 Å². The predicted octanol–water partition coefficient (Wildman–Crippen LogP) is 3.43. The highest BCUT2D eigenvalue weighted by atomic mass is 16.5. The van der Waals surface area contributed by atoms with Crippen LogP contribution >= 0.6 is 0 Å². The fourth-order valence-electron chi connectivity index (χ4n) is 3.36. The minimum absolute atomic E-state index is 0.00619. The molecule has 0 atom stereocenters. The number of para-hydroxylation sites is 1. The molecule has 0 amide bonds. The zero-order chi connectivity index (χ0) is 17.3. The van der Waals surface area contributed by atoms with Crippen LogP contribution in [0.3, 0.4) is 0 Å². The third kappa shape index (κ3) is 2.64. The van der Waals surface area contributed by atoms with Crippen molar-refractivity contribution in [3.63, 3.8) is 0 Å². The molecule has 5 nitrogen and oxygen atoms in total. The summed E-state index contributed by atoms with van der Waals surface area (Å²) >= 11 is 0. The number of nitrogens with zero attached hydrogens (tertiary/aromatic N) is 3. The summed E-state index contributed by atoms with van der Waals surface area (Å²) in [4.78, 5) is 2.13. The molecule has 0 radical (unpaired) electrons. The standard InChI is InChI=1S/C19H25N3O2/c1-5-15-18(17(6-2)24-20-15)19-14(11-23)13-9-7-8-10-16(13)22(19)12-21(3)4/h7-10,23H,5-6,11-12H2,1-4H3. The van der Waals surface area contributed by atoms with E-state index in [0.717, 1.165) is 58.7 Å². The Hall–Kier alpha value is -2.11. The number of fused-ring (bicyclic) bond motifs is 1. The molecule has 0 unspecified atom stereocenters. The molecule has 3 rings (SSSR count). The molecule has 0 saturated carbocycles. The Kier molecular flexibility index (Phi) is 4.73. The summed E-state index contributed by atoms with van der Waals surface area (Å²) in [5.41, 5.74) is 5.09. The van der Waals surface area contributed by atoms with Gasteiger partial charge in [0.1, 0.15) is 5.76 Å². The highest BCUT2D eigenvalue weighted by molar-refractivity contribution is 5.92. The first-order valence-corrected chi connectivity index (χ1v) is 8.45. The molecule has 0 aliphatic rings. The highest BCUT2D eigenvalue weighted by Gasteiger charge is 2.25. The summed E-state index contributed by atoms with van der Waals surface area (Å²) in [6.07, 6.45) is 1.57. The fraction of sp³-hybridized carbons (Fsp3) is 0.421. The molecule has 5 heteroatoms. The van der Waals surface area contributed by atoms with E-state index in [4.69, 9.17) is 4.52 Å². The first kappa shape index (κ1) is 16.7. The van der Waals surface area contributed by atoms with Gasteiger partial charge in [0.2, 0.25) is 0 Å². The van der Waals surface area contributed by atoms with Gasteiger partial charge in [-0.2, -0.15) is 0 Å². The molecule has 0 spiro atoms. The van der Waals surface area contributed by atoms with Crippen molar-refractivity contribution in [2.24, 2.45) is 0 Å². The average molecular weight is 327 g/mol. The summed E-state index contributed by atoms with van der Waals surface area (Å²) in [5, 5.41) is 15.5. The Morgan fingerprint density at radius 2 is 1.92 bits per heavy atom. The molecule has 1 N–H and O–H groups in total. The largest absolute Gasteiger partial charge is 0.392 e. The Balaban J connectivity index is 2.40. The van der Waals surface area contributed by atoms with Gasteiger partial charge in [0.05, 0.1) is 35.7 Å². The van der Waals surface area contributed by atoms with Gasteiger partial charge in [-0.05, 0) is 26.6 Å². The first-order valence-electron chi connectivity index (χ1n) is 8.45. The van der Waals surface area contributed by atoms with Crippen molar-refractivity contribution in [3.05, 3.63) is 41.3 Å². The SMILES string of the molecule is CCc1noc(CC)c1-c1c(CO)c2ccccc2n1CN(C)C. The van der Waals surface area contributed by atoms with E-state index < -0.39 is 0 Å². The van der Waals surface area contributed by atoms with Crippen LogP contribution < -0.4 is 0 Å². The molecule has 2 aromatic heterocycles. The van der Waals surface area contributed by atoms with Crippen molar-refractivity contribution in [2.75, 3.05) is 14.1 Å². The molecule has 0 saturated heterocycles. The molecule has 0 aliphatic carbocycles. The smallest absolute Gasteiger partial charge is 0.146 e. The number of aliphatic hydroxyl groups excluding tert-OH is 1.